The maximum absolute atomic E-state index is 12.4. The standard InChI is InChI=1S/C17H23N3O2/c1-11(16-12(2)19-20(4)13(16)3)17(21)18-10-14-8-6-7-9-15(14)22-5/h6-9,11H,10H2,1-5H3,(H,18,21)/t11-/m0/s1. The summed E-state index contributed by atoms with van der Waals surface area (Å²) < 4.78 is 7.11. The monoisotopic (exact) mass is 301 g/mol. The molecule has 22 heavy (non-hydrogen) atoms. The summed E-state index contributed by atoms with van der Waals surface area (Å²) in [5.41, 5.74) is 3.89. The minimum atomic E-state index is -0.233. The third-order valence-electron chi connectivity index (χ3n) is 4.04. The maximum atomic E-state index is 12.4. The van der Waals surface area contributed by atoms with Crippen molar-refractivity contribution in [2.45, 2.75) is 33.2 Å². The number of methoxy groups -OCH3 is 1. The molecule has 0 saturated carbocycles. The van der Waals surface area contributed by atoms with Crippen LogP contribution in [0.25, 0.3) is 0 Å². The van der Waals surface area contributed by atoms with Gasteiger partial charge in [0.25, 0.3) is 0 Å². The smallest absolute Gasteiger partial charge is 0.227 e. The van der Waals surface area contributed by atoms with E-state index in [0.29, 0.717) is 6.54 Å². The summed E-state index contributed by atoms with van der Waals surface area (Å²) in [4.78, 5) is 12.4. The van der Waals surface area contributed by atoms with Crippen molar-refractivity contribution < 1.29 is 9.53 Å². The molecule has 0 bridgehead atoms. The first kappa shape index (κ1) is 16.1. The molecule has 0 aliphatic rings. The average Bonchev–Trinajstić information content (AvgIpc) is 2.77. The van der Waals surface area contributed by atoms with Crippen molar-refractivity contribution in [1.29, 1.82) is 0 Å². The minimum absolute atomic E-state index is 0.00916. The summed E-state index contributed by atoms with van der Waals surface area (Å²) in [6, 6.07) is 7.68. The van der Waals surface area contributed by atoms with Gasteiger partial charge < -0.3 is 10.1 Å². The molecule has 1 N–H and O–H groups in total. The van der Waals surface area contributed by atoms with E-state index in [-0.39, 0.29) is 11.8 Å². The summed E-state index contributed by atoms with van der Waals surface area (Å²) in [7, 11) is 3.52. The van der Waals surface area contributed by atoms with Crippen LogP contribution in [0.2, 0.25) is 0 Å². The van der Waals surface area contributed by atoms with E-state index in [2.05, 4.69) is 10.4 Å². The van der Waals surface area contributed by atoms with Crippen LogP contribution >= 0.6 is 0 Å². The van der Waals surface area contributed by atoms with Gasteiger partial charge in [0.2, 0.25) is 5.91 Å². The zero-order valence-electron chi connectivity index (χ0n) is 13.8. The van der Waals surface area contributed by atoms with Gasteiger partial charge in [-0.25, -0.2) is 0 Å². The molecule has 1 atom stereocenters. The van der Waals surface area contributed by atoms with E-state index in [1.807, 2.05) is 56.8 Å². The quantitative estimate of drug-likeness (QED) is 0.923. The number of carbonyl (C=O) groups is 1. The highest BCUT2D eigenvalue weighted by molar-refractivity contribution is 5.83. The van der Waals surface area contributed by atoms with Gasteiger partial charge in [-0.05, 0) is 26.8 Å². The lowest BCUT2D eigenvalue weighted by atomic mass is 9.98. The van der Waals surface area contributed by atoms with Crippen LogP contribution in [-0.4, -0.2) is 22.8 Å². The van der Waals surface area contributed by atoms with Gasteiger partial charge in [0.15, 0.2) is 0 Å². The molecule has 1 aromatic carbocycles. The Morgan fingerprint density at radius 1 is 1.36 bits per heavy atom. The zero-order chi connectivity index (χ0) is 16.3. The highest BCUT2D eigenvalue weighted by Crippen LogP contribution is 2.23. The Hall–Kier alpha value is -2.30. The number of carbonyl (C=O) groups excluding carboxylic acids is 1. The average molecular weight is 301 g/mol. The number of rotatable bonds is 5. The predicted octanol–water partition coefficient (Wildman–Crippen LogP) is 2.47. The lowest BCUT2D eigenvalue weighted by Gasteiger charge is -2.14. The lowest BCUT2D eigenvalue weighted by Crippen LogP contribution is -2.28. The van der Waals surface area contributed by atoms with Crippen molar-refractivity contribution in [3.63, 3.8) is 0 Å². The molecular formula is C17H23N3O2. The van der Waals surface area contributed by atoms with Crippen molar-refractivity contribution in [2.24, 2.45) is 7.05 Å². The number of hydrogen-bond donors (Lipinski definition) is 1. The topological polar surface area (TPSA) is 56.1 Å². The molecule has 118 valence electrons. The largest absolute Gasteiger partial charge is 0.496 e. The Morgan fingerprint density at radius 2 is 2.05 bits per heavy atom. The van der Waals surface area contributed by atoms with E-state index in [0.717, 1.165) is 28.3 Å². The highest BCUT2D eigenvalue weighted by atomic mass is 16.5. The third-order valence-corrected chi connectivity index (χ3v) is 4.04. The summed E-state index contributed by atoms with van der Waals surface area (Å²) in [5.74, 6) is 0.540. The van der Waals surface area contributed by atoms with Crippen molar-refractivity contribution in [2.75, 3.05) is 7.11 Å². The molecule has 5 nitrogen and oxygen atoms in total. The second kappa shape index (κ2) is 6.64. The van der Waals surface area contributed by atoms with Gasteiger partial charge in [-0.2, -0.15) is 5.10 Å². The first-order chi connectivity index (χ1) is 10.5. The summed E-state index contributed by atoms with van der Waals surface area (Å²) in [5, 5.41) is 7.36. The first-order valence-electron chi connectivity index (χ1n) is 7.35. The second-order valence-corrected chi connectivity index (χ2v) is 5.46. The first-order valence-corrected chi connectivity index (χ1v) is 7.35. The minimum Gasteiger partial charge on any atom is -0.496 e. The van der Waals surface area contributed by atoms with Crippen LogP contribution in [0.4, 0.5) is 0 Å². The van der Waals surface area contributed by atoms with Crippen molar-refractivity contribution in [1.82, 2.24) is 15.1 Å². The molecule has 1 heterocycles. The number of amides is 1. The molecule has 0 unspecified atom stereocenters. The van der Waals surface area contributed by atoms with E-state index >= 15 is 0 Å². The van der Waals surface area contributed by atoms with E-state index in [1.165, 1.54) is 0 Å². The fourth-order valence-corrected chi connectivity index (χ4v) is 2.73. The number of aromatic nitrogens is 2. The van der Waals surface area contributed by atoms with Crippen molar-refractivity contribution >= 4 is 5.91 Å². The van der Waals surface area contributed by atoms with Gasteiger partial charge in [-0.15, -0.1) is 0 Å². The summed E-state index contributed by atoms with van der Waals surface area (Å²) >= 11 is 0. The summed E-state index contributed by atoms with van der Waals surface area (Å²) in [6.07, 6.45) is 0. The predicted molar refractivity (Wildman–Crippen MR) is 85.9 cm³/mol. The van der Waals surface area contributed by atoms with Crippen LogP contribution in [-0.2, 0) is 18.4 Å². The molecule has 2 aromatic rings. The zero-order valence-corrected chi connectivity index (χ0v) is 13.8. The summed E-state index contributed by atoms with van der Waals surface area (Å²) in [6.45, 7) is 6.28. The number of ether oxygens (including phenoxy) is 1. The normalized spacial score (nSPS) is 12.0. The van der Waals surface area contributed by atoms with Gasteiger partial charge in [0.05, 0.1) is 18.7 Å². The number of hydrogen-bond acceptors (Lipinski definition) is 3. The maximum Gasteiger partial charge on any atom is 0.227 e. The number of nitrogens with one attached hydrogen (secondary N) is 1. The molecule has 1 aromatic heterocycles. The highest BCUT2D eigenvalue weighted by Gasteiger charge is 2.22. The molecule has 1 amide bonds. The van der Waals surface area contributed by atoms with Gasteiger partial charge in [0, 0.05) is 30.4 Å². The molecule has 0 fully saturated rings. The van der Waals surface area contributed by atoms with Gasteiger partial charge in [0.1, 0.15) is 5.75 Å². The molecule has 2 rings (SSSR count). The molecule has 0 spiro atoms. The molecule has 0 saturated heterocycles. The van der Waals surface area contributed by atoms with Gasteiger partial charge in [-0.3, -0.25) is 9.48 Å². The lowest BCUT2D eigenvalue weighted by molar-refractivity contribution is -0.122. The Morgan fingerprint density at radius 3 is 2.64 bits per heavy atom. The van der Waals surface area contributed by atoms with E-state index in [1.54, 1.807) is 7.11 Å². The SMILES string of the molecule is COc1ccccc1CNC(=O)[C@@H](C)c1c(C)nn(C)c1C. The van der Waals surface area contributed by atoms with Crippen molar-refractivity contribution in [3.05, 3.63) is 46.8 Å². The molecular weight excluding hydrogens is 278 g/mol. The third kappa shape index (κ3) is 3.13. The Balaban J connectivity index is 2.09. The van der Waals surface area contributed by atoms with Crippen LogP contribution in [0.5, 0.6) is 5.75 Å². The number of aryl methyl sites for hydroxylation is 2. The molecule has 0 radical (unpaired) electrons. The van der Waals surface area contributed by atoms with Gasteiger partial charge in [-0.1, -0.05) is 18.2 Å². The molecule has 0 aliphatic heterocycles. The Kier molecular flexibility index (Phi) is 4.85. The fraction of sp³-hybridized carbons (Fsp3) is 0.412. The van der Waals surface area contributed by atoms with E-state index in [9.17, 15) is 4.79 Å². The van der Waals surface area contributed by atoms with Crippen LogP contribution in [0.3, 0.4) is 0 Å². The number of nitrogens with zero attached hydrogens (tertiary/aromatic N) is 2. The van der Waals surface area contributed by atoms with Crippen LogP contribution < -0.4 is 10.1 Å². The number of para-hydroxylation sites is 1. The second-order valence-electron chi connectivity index (χ2n) is 5.46. The van der Waals surface area contributed by atoms with Crippen molar-refractivity contribution in [3.8, 4) is 5.75 Å². The van der Waals surface area contributed by atoms with E-state index in [4.69, 9.17) is 4.74 Å². The molecule has 0 aliphatic carbocycles. The van der Waals surface area contributed by atoms with Crippen LogP contribution in [0.15, 0.2) is 24.3 Å². The fourth-order valence-electron chi connectivity index (χ4n) is 2.73. The Bertz CT molecular complexity index is 677. The van der Waals surface area contributed by atoms with Gasteiger partial charge >= 0.3 is 0 Å². The molecule has 5 heteroatoms. The van der Waals surface area contributed by atoms with Crippen LogP contribution in [0, 0.1) is 13.8 Å². The number of benzene rings is 1. The van der Waals surface area contributed by atoms with E-state index < -0.39 is 0 Å². The Labute approximate surface area is 131 Å². The van der Waals surface area contributed by atoms with Crippen LogP contribution in [0.1, 0.15) is 35.4 Å².